The molecule has 2 aromatic rings. The van der Waals surface area contributed by atoms with Gasteiger partial charge >= 0.3 is 0 Å². The minimum Gasteiger partial charge on any atom is -0.496 e. The molecule has 0 spiro atoms. The summed E-state index contributed by atoms with van der Waals surface area (Å²) in [6.45, 7) is 6.24. The van der Waals surface area contributed by atoms with Crippen LogP contribution in [0, 0.1) is 18.3 Å². The van der Waals surface area contributed by atoms with E-state index in [1.54, 1.807) is 7.11 Å². The summed E-state index contributed by atoms with van der Waals surface area (Å²) in [5.74, 6) is 1.71. The van der Waals surface area contributed by atoms with Gasteiger partial charge in [-0.3, -0.25) is 0 Å². The first-order valence-electron chi connectivity index (χ1n) is 8.81. The van der Waals surface area contributed by atoms with Crippen LogP contribution in [0.15, 0.2) is 47.5 Å². The van der Waals surface area contributed by atoms with Crippen molar-refractivity contribution in [1.82, 2.24) is 10.6 Å². The average molecular weight is 350 g/mol. The van der Waals surface area contributed by atoms with Crippen LogP contribution in [0.5, 0.6) is 5.75 Å². The number of methoxy groups -OCH3 is 1. The first kappa shape index (κ1) is 19.3. The predicted molar refractivity (Wildman–Crippen MR) is 105 cm³/mol. The van der Waals surface area contributed by atoms with Gasteiger partial charge in [0.05, 0.1) is 25.3 Å². The van der Waals surface area contributed by atoms with Crippen molar-refractivity contribution in [2.24, 2.45) is 4.99 Å². The second-order valence-electron chi connectivity index (χ2n) is 5.98. The number of hydrogen-bond donors (Lipinski definition) is 2. The van der Waals surface area contributed by atoms with Gasteiger partial charge in [-0.25, -0.2) is 4.99 Å². The molecule has 0 atom stereocenters. The summed E-state index contributed by atoms with van der Waals surface area (Å²) >= 11 is 0. The molecule has 26 heavy (non-hydrogen) atoms. The van der Waals surface area contributed by atoms with E-state index in [0.717, 1.165) is 42.3 Å². The van der Waals surface area contributed by atoms with Gasteiger partial charge in [0.25, 0.3) is 0 Å². The van der Waals surface area contributed by atoms with Gasteiger partial charge in [0.2, 0.25) is 0 Å². The molecular formula is C21H26N4O. The molecule has 0 heterocycles. The number of nitrogens with one attached hydrogen (secondary N) is 2. The van der Waals surface area contributed by atoms with E-state index in [0.29, 0.717) is 12.1 Å². The molecule has 5 nitrogen and oxygen atoms in total. The second kappa shape index (κ2) is 10.1. The summed E-state index contributed by atoms with van der Waals surface area (Å²) in [5, 5.41) is 15.5. The minimum absolute atomic E-state index is 0.569. The zero-order valence-corrected chi connectivity index (χ0v) is 15.7. The molecule has 2 aromatic carbocycles. The summed E-state index contributed by atoms with van der Waals surface area (Å²) in [4.78, 5) is 4.61. The number of aryl methyl sites for hydroxylation is 1. The lowest BCUT2D eigenvalue weighted by Gasteiger charge is -2.12. The minimum atomic E-state index is 0.569. The summed E-state index contributed by atoms with van der Waals surface area (Å²) in [5.41, 5.74) is 4.10. The fourth-order valence-electron chi connectivity index (χ4n) is 2.54. The maximum absolute atomic E-state index is 8.85. The van der Waals surface area contributed by atoms with Crippen LogP contribution in [-0.2, 0) is 13.0 Å². The molecule has 2 rings (SSSR count). The van der Waals surface area contributed by atoms with E-state index in [4.69, 9.17) is 10.00 Å². The summed E-state index contributed by atoms with van der Waals surface area (Å²) in [6.07, 6.45) is 0.887. The highest BCUT2D eigenvalue weighted by atomic mass is 16.5. The predicted octanol–water partition coefficient (Wildman–Crippen LogP) is 3.17. The van der Waals surface area contributed by atoms with Gasteiger partial charge in [-0.2, -0.15) is 5.26 Å². The highest BCUT2D eigenvalue weighted by Crippen LogP contribution is 2.19. The van der Waals surface area contributed by atoms with Crippen molar-refractivity contribution in [3.05, 3.63) is 64.7 Å². The average Bonchev–Trinajstić information content (AvgIpc) is 2.67. The first-order valence-corrected chi connectivity index (χ1v) is 8.81. The lowest BCUT2D eigenvalue weighted by atomic mass is 10.1. The van der Waals surface area contributed by atoms with Crippen molar-refractivity contribution in [2.75, 3.05) is 20.2 Å². The van der Waals surface area contributed by atoms with E-state index in [9.17, 15) is 0 Å². The Balaban J connectivity index is 1.91. The molecule has 0 fully saturated rings. The number of guanidine groups is 1. The van der Waals surface area contributed by atoms with Gasteiger partial charge in [0, 0.05) is 13.1 Å². The van der Waals surface area contributed by atoms with Crippen LogP contribution in [-0.4, -0.2) is 26.2 Å². The quantitative estimate of drug-likeness (QED) is 0.594. The molecule has 0 saturated carbocycles. The Morgan fingerprint density at radius 1 is 1.12 bits per heavy atom. The third-order valence-electron chi connectivity index (χ3n) is 4.03. The van der Waals surface area contributed by atoms with Gasteiger partial charge in [-0.05, 0) is 55.2 Å². The number of nitrogens with zero attached hydrogens (tertiary/aromatic N) is 2. The van der Waals surface area contributed by atoms with Gasteiger partial charge in [0.1, 0.15) is 5.75 Å². The van der Waals surface area contributed by atoms with E-state index in [1.165, 1.54) is 5.56 Å². The van der Waals surface area contributed by atoms with Crippen LogP contribution < -0.4 is 15.4 Å². The molecule has 0 unspecified atom stereocenters. The zero-order chi connectivity index (χ0) is 18.8. The number of aliphatic imine (C=N–C) groups is 1. The van der Waals surface area contributed by atoms with Crippen molar-refractivity contribution in [1.29, 1.82) is 5.26 Å². The third-order valence-corrected chi connectivity index (χ3v) is 4.03. The van der Waals surface area contributed by atoms with Crippen molar-refractivity contribution in [3.63, 3.8) is 0 Å². The number of nitriles is 1. The molecule has 5 heteroatoms. The Morgan fingerprint density at radius 3 is 2.50 bits per heavy atom. The van der Waals surface area contributed by atoms with Crippen molar-refractivity contribution in [3.8, 4) is 11.8 Å². The first-order chi connectivity index (χ1) is 12.7. The van der Waals surface area contributed by atoms with Gasteiger partial charge in [-0.15, -0.1) is 0 Å². The molecule has 0 aromatic heterocycles. The Morgan fingerprint density at radius 2 is 1.85 bits per heavy atom. The van der Waals surface area contributed by atoms with Crippen LogP contribution >= 0.6 is 0 Å². The van der Waals surface area contributed by atoms with Crippen LogP contribution in [0.1, 0.15) is 29.2 Å². The number of benzene rings is 2. The Hall–Kier alpha value is -3.00. The SMILES string of the molecule is CCNC(=NCc1ccc(C#N)cc1)NCCc1ccc(C)c(OC)c1. The second-order valence-corrected chi connectivity index (χ2v) is 5.98. The molecule has 0 bridgehead atoms. The normalized spacial score (nSPS) is 10.9. The topological polar surface area (TPSA) is 69.4 Å². The monoisotopic (exact) mass is 350 g/mol. The molecule has 2 N–H and O–H groups in total. The van der Waals surface area contributed by atoms with Gasteiger partial charge < -0.3 is 15.4 Å². The molecule has 0 aliphatic carbocycles. The maximum Gasteiger partial charge on any atom is 0.191 e. The summed E-state index contributed by atoms with van der Waals surface area (Å²) < 4.78 is 5.38. The lowest BCUT2D eigenvalue weighted by Crippen LogP contribution is -2.38. The van der Waals surface area contributed by atoms with E-state index in [1.807, 2.05) is 38.1 Å². The number of rotatable bonds is 7. The van der Waals surface area contributed by atoms with E-state index >= 15 is 0 Å². The highest BCUT2D eigenvalue weighted by Gasteiger charge is 2.02. The fourth-order valence-corrected chi connectivity index (χ4v) is 2.54. The van der Waals surface area contributed by atoms with Crippen LogP contribution in [0.3, 0.4) is 0 Å². The standard InChI is InChI=1S/C21H26N4O/c1-4-23-21(25-15-19-9-7-18(14-22)8-10-19)24-12-11-17-6-5-16(2)20(13-17)26-3/h5-10,13H,4,11-12,15H2,1-3H3,(H2,23,24,25). The maximum atomic E-state index is 8.85. The van der Waals surface area contributed by atoms with Gasteiger partial charge in [0.15, 0.2) is 5.96 Å². The molecule has 0 radical (unpaired) electrons. The molecule has 0 aliphatic rings. The van der Waals surface area contributed by atoms with Crippen LogP contribution in [0.4, 0.5) is 0 Å². The van der Waals surface area contributed by atoms with Crippen molar-refractivity contribution < 1.29 is 4.74 Å². The molecule has 0 aliphatic heterocycles. The van der Waals surface area contributed by atoms with E-state index < -0.39 is 0 Å². The molecule has 0 amide bonds. The smallest absolute Gasteiger partial charge is 0.191 e. The zero-order valence-electron chi connectivity index (χ0n) is 15.7. The Bertz CT molecular complexity index is 776. The largest absolute Gasteiger partial charge is 0.496 e. The number of hydrogen-bond acceptors (Lipinski definition) is 3. The van der Waals surface area contributed by atoms with Crippen LogP contribution in [0.2, 0.25) is 0 Å². The summed E-state index contributed by atoms with van der Waals surface area (Å²) in [7, 11) is 1.70. The fraction of sp³-hybridized carbons (Fsp3) is 0.333. The van der Waals surface area contributed by atoms with Gasteiger partial charge in [-0.1, -0.05) is 24.3 Å². The lowest BCUT2D eigenvalue weighted by molar-refractivity contribution is 0.411. The number of ether oxygens (including phenoxy) is 1. The van der Waals surface area contributed by atoms with E-state index in [2.05, 4.69) is 39.9 Å². The Kier molecular flexibility index (Phi) is 7.50. The third kappa shape index (κ3) is 5.82. The molecule has 0 saturated heterocycles. The van der Waals surface area contributed by atoms with Crippen LogP contribution in [0.25, 0.3) is 0 Å². The highest BCUT2D eigenvalue weighted by molar-refractivity contribution is 5.79. The molecular weight excluding hydrogens is 324 g/mol. The summed E-state index contributed by atoms with van der Waals surface area (Å²) in [6, 6.07) is 15.9. The van der Waals surface area contributed by atoms with Crippen molar-refractivity contribution in [2.45, 2.75) is 26.8 Å². The Labute approximate surface area is 155 Å². The van der Waals surface area contributed by atoms with E-state index in [-0.39, 0.29) is 0 Å². The molecule has 136 valence electrons. The van der Waals surface area contributed by atoms with Crippen molar-refractivity contribution >= 4 is 5.96 Å².